The van der Waals surface area contributed by atoms with Crippen molar-refractivity contribution in [2.75, 3.05) is 25.7 Å². The van der Waals surface area contributed by atoms with Gasteiger partial charge in [-0.3, -0.25) is 9.59 Å². The second-order valence-corrected chi connectivity index (χ2v) is 8.67. The van der Waals surface area contributed by atoms with Gasteiger partial charge < -0.3 is 19.3 Å². The lowest BCUT2D eigenvalue weighted by Gasteiger charge is -2.32. The van der Waals surface area contributed by atoms with Gasteiger partial charge in [-0.15, -0.1) is 0 Å². The van der Waals surface area contributed by atoms with E-state index in [1.54, 1.807) is 25.2 Å². The van der Waals surface area contributed by atoms with E-state index in [2.05, 4.69) is 29.2 Å². The molecule has 0 bridgehead atoms. The molecule has 0 spiro atoms. The van der Waals surface area contributed by atoms with Crippen LogP contribution in [0.5, 0.6) is 11.5 Å². The number of aryl methyl sites for hydroxylation is 1. The molecule has 5 rings (SSSR count). The van der Waals surface area contributed by atoms with Gasteiger partial charge in [0, 0.05) is 25.1 Å². The summed E-state index contributed by atoms with van der Waals surface area (Å²) in [7, 11) is 3.17. The van der Waals surface area contributed by atoms with Crippen LogP contribution in [-0.4, -0.2) is 43.5 Å². The topological polar surface area (TPSA) is 59.1 Å². The van der Waals surface area contributed by atoms with Gasteiger partial charge in [-0.2, -0.15) is 0 Å². The summed E-state index contributed by atoms with van der Waals surface area (Å²) in [5, 5.41) is 0. The van der Waals surface area contributed by atoms with E-state index in [0.29, 0.717) is 29.8 Å². The average Bonchev–Trinajstić information content (AvgIpc) is 3.43. The molecule has 1 saturated heterocycles. The Morgan fingerprint density at radius 1 is 1.06 bits per heavy atom. The lowest BCUT2D eigenvalue weighted by Crippen LogP contribution is -2.41. The summed E-state index contributed by atoms with van der Waals surface area (Å²) in [6, 6.07) is 14.3. The monoisotopic (exact) mass is 420 g/mol. The number of benzene rings is 2. The fraction of sp³-hybridized carbons (Fsp3) is 0.440. The van der Waals surface area contributed by atoms with Gasteiger partial charge in [-0.1, -0.05) is 24.3 Å². The summed E-state index contributed by atoms with van der Waals surface area (Å²) < 4.78 is 10.8. The summed E-state index contributed by atoms with van der Waals surface area (Å²) in [4.78, 5) is 30.4. The smallest absolute Gasteiger partial charge is 0.228 e. The summed E-state index contributed by atoms with van der Waals surface area (Å²) in [6.45, 7) is 0.387. The maximum absolute atomic E-state index is 13.7. The Morgan fingerprint density at radius 3 is 2.61 bits per heavy atom. The fourth-order valence-corrected chi connectivity index (χ4v) is 5.09. The van der Waals surface area contributed by atoms with Gasteiger partial charge in [-0.25, -0.2) is 0 Å². The highest BCUT2D eigenvalue weighted by Gasteiger charge is 2.45. The van der Waals surface area contributed by atoms with Crippen LogP contribution in [0.15, 0.2) is 42.5 Å². The first-order chi connectivity index (χ1) is 15.1. The van der Waals surface area contributed by atoms with E-state index >= 15 is 0 Å². The highest BCUT2D eigenvalue weighted by Crippen LogP contribution is 2.44. The number of amides is 2. The second-order valence-electron chi connectivity index (χ2n) is 8.67. The predicted molar refractivity (Wildman–Crippen MR) is 117 cm³/mol. The number of nitrogens with zero attached hydrogens (tertiary/aromatic N) is 2. The molecule has 0 N–H and O–H groups in total. The normalized spacial score (nSPS) is 22.4. The fourth-order valence-electron chi connectivity index (χ4n) is 5.09. The molecule has 6 nitrogen and oxygen atoms in total. The molecule has 2 atom stereocenters. The van der Waals surface area contributed by atoms with Crippen LogP contribution >= 0.6 is 0 Å². The third-order valence-electron chi connectivity index (χ3n) is 6.78. The van der Waals surface area contributed by atoms with Crippen LogP contribution in [0.25, 0.3) is 0 Å². The van der Waals surface area contributed by atoms with E-state index < -0.39 is 0 Å². The average molecular weight is 421 g/mol. The lowest BCUT2D eigenvalue weighted by atomic mass is 10.0. The summed E-state index contributed by atoms with van der Waals surface area (Å²) >= 11 is 0. The number of hydrogen-bond acceptors (Lipinski definition) is 4. The Hall–Kier alpha value is -3.02. The van der Waals surface area contributed by atoms with Crippen molar-refractivity contribution in [1.82, 2.24) is 4.90 Å². The number of methoxy groups -OCH3 is 2. The summed E-state index contributed by atoms with van der Waals surface area (Å²) in [5.74, 6) is 0.994. The first-order valence-corrected chi connectivity index (χ1v) is 11.0. The quantitative estimate of drug-likeness (QED) is 0.714. The van der Waals surface area contributed by atoms with Gasteiger partial charge in [0.2, 0.25) is 11.8 Å². The molecular weight excluding hydrogens is 392 g/mol. The van der Waals surface area contributed by atoms with Gasteiger partial charge >= 0.3 is 0 Å². The van der Waals surface area contributed by atoms with Gasteiger partial charge in [0.05, 0.1) is 31.9 Å². The van der Waals surface area contributed by atoms with Crippen molar-refractivity contribution in [2.24, 2.45) is 5.92 Å². The van der Waals surface area contributed by atoms with E-state index in [-0.39, 0.29) is 30.2 Å². The number of anilines is 1. The van der Waals surface area contributed by atoms with Crippen molar-refractivity contribution in [1.29, 1.82) is 0 Å². The van der Waals surface area contributed by atoms with E-state index in [0.717, 1.165) is 25.7 Å². The maximum Gasteiger partial charge on any atom is 0.228 e. The zero-order valence-corrected chi connectivity index (χ0v) is 18.0. The number of fused-ring (bicyclic) bond motifs is 1. The van der Waals surface area contributed by atoms with E-state index in [4.69, 9.17) is 9.47 Å². The number of hydrogen-bond donors (Lipinski definition) is 0. The van der Waals surface area contributed by atoms with Crippen LogP contribution in [0.3, 0.4) is 0 Å². The summed E-state index contributed by atoms with van der Waals surface area (Å²) in [6.07, 6.45) is 4.34. The third kappa shape index (κ3) is 3.54. The van der Waals surface area contributed by atoms with Crippen LogP contribution in [0, 0.1) is 5.92 Å². The predicted octanol–water partition coefficient (Wildman–Crippen LogP) is 3.74. The van der Waals surface area contributed by atoms with Crippen LogP contribution in [0.4, 0.5) is 5.69 Å². The molecule has 2 aliphatic carbocycles. The number of carbonyl (C=O) groups excluding carboxylic acids is 2. The molecule has 1 saturated carbocycles. The molecule has 1 heterocycles. The zero-order chi connectivity index (χ0) is 21.5. The van der Waals surface area contributed by atoms with E-state index in [9.17, 15) is 9.59 Å². The first kappa shape index (κ1) is 19.9. The Balaban J connectivity index is 1.39. The summed E-state index contributed by atoms with van der Waals surface area (Å²) in [5.41, 5.74) is 3.31. The van der Waals surface area contributed by atoms with Crippen molar-refractivity contribution in [3.63, 3.8) is 0 Å². The minimum Gasteiger partial charge on any atom is -0.497 e. The number of rotatable bonds is 6. The zero-order valence-electron chi connectivity index (χ0n) is 18.0. The van der Waals surface area contributed by atoms with Crippen molar-refractivity contribution >= 4 is 17.5 Å². The van der Waals surface area contributed by atoms with Crippen LogP contribution < -0.4 is 14.4 Å². The molecule has 31 heavy (non-hydrogen) atoms. The Bertz CT molecular complexity index is 1020. The third-order valence-corrected chi connectivity index (χ3v) is 6.78. The second kappa shape index (κ2) is 7.91. The molecule has 162 valence electrons. The first-order valence-electron chi connectivity index (χ1n) is 11.0. The molecule has 2 aromatic rings. The molecule has 3 aliphatic rings. The van der Waals surface area contributed by atoms with E-state index in [1.807, 2.05) is 12.1 Å². The Morgan fingerprint density at radius 2 is 1.87 bits per heavy atom. The molecule has 0 radical (unpaired) electrons. The van der Waals surface area contributed by atoms with Gasteiger partial charge in [0.1, 0.15) is 11.5 Å². The molecule has 2 unspecified atom stereocenters. The van der Waals surface area contributed by atoms with Gasteiger partial charge in [-0.05, 0) is 48.9 Å². The Labute approximate surface area is 182 Å². The van der Waals surface area contributed by atoms with Crippen molar-refractivity contribution in [2.45, 2.75) is 44.2 Å². The molecule has 6 heteroatoms. The molecule has 2 amide bonds. The number of ether oxygens (including phenoxy) is 2. The van der Waals surface area contributed by atoms with Gasteiger partial charge in [0.25, 0.3) is 0 Å². The minimum atomic E-state index is -0.326. The van der Waals surface area contributed by atoms with Crippen LogP contribution in [0.2, 0.25) is 0 Å². The van der Waals surface area contributed by atoms with Gasteiger partial charge in [0.15, 0.2) is 0 Å². The molecule has 2 fully saturated rings. The molecule has 2 aromatic carbocycles. The standard InChI is InChI=1S/C25H28N2O4/c1-30-19-10-12-22(23(14-19)31-2)26-15-17(13-24(26)28)25(29)27(18-8-9-18)21-11-7-16-5-3-4-6-20(16)21/h3-6,10,12,14,17-18,21H,7-9,11,13,15H2,1-2H3. The molecule has 0 aromatic heterocycles. The van der Waals surface area contributed by atoms with E-state index in [1.165, 1.54) is 11.1 Å². The largest absolute Gasteiger partial charge is 0.497 e. The van der Waals surface area contributed by atoms with Crippen molar-refractivity contribution in [3.05, 3.63) is 53.6 Å². The highest BCUT2D eigenvalue weighted by atomic mass is 16.5. The van der Waals surface area contributed by atoms with Crippen molar-refractivity contribution in [3.8, 4) is 11.5 Å². The SMILES string of the molecule is COc1ccc(N2CC(C(=O)N(C3CC3)C3CCc4ccccc43)CC2=O)c(OC)c1. The highest BCUT2D eigenvalue weighted by molar-refractivity contribution is 6.01. The molecule has 1 aliphatic heterocycles. The minimum absolute atomic E-state index is 0.0376. The molecular formula is C25H28N2O4. The lowest BCUT2D eigenvalue weighted by molar-refractivity contribution is -0.139. The van der Waals surface area contributed by atoms with Crippen LogP contribution in [-0.2, 0) is 16.0 Å². The number of carbonyl (C=O) groups is 2. The maximum atomic E-state index is 13.7. The van der Waals surface area contributed by atoms with Crippen molar-refractivity contribution < 1.29 is 19.1 Å². The van der Waals surface area contributed by atoms with Crippen LogP contribution in [0.1, 0.15) is 42.9 Å². The Kier molecular flexibility index (Phi) is 5.08.